The van der Waals surface area contributed by atoms with E-state index in [4.69, 9.17) is 56.5 Å². The van der Waals surface area contributed by atoms with Crippen molar-refractivity contribution in [2.75, 3.05) is 19.8 Å². The van der Waals surface area contributed by atoms with E-state index in [2.05, 4.69) is 5.32 Å². The second-order valence-corrected chi connectivity index (χ2v) is 34.4. The van der Waals surface area contributed by atoms with E-state index in [0.717, 1.165) is 22.3 Å². The zero-order valence-electron chi connectivity index (χ0n) is 62.9. The number of ether oxygens (including phenoxy) is 11. The first-order valence-electron chi connectivity index (χ1n) is 37.6. The van der Waals surface area contributed by atoms with Crippen LogP contribution in [0, 0.1) is 16.7 Å². The molecule has 22 heteroatoms. The summed E-state index contributed by atoms with van der Waals surface area (Å²) in [5.74, 6) is -7.06. The van der Waals surface area contributed by atoms with Gasteiger partial charge in [-0.05, 0) is 95.2 Å². The Labute approximate surface area is 637 Å². The third-order valence-corrected chi connectivity index (χ3v) is 27.6. The topological polar surface area (TPSA) is 266 Å². The third-order valence-electron chi connectivity index (χ3n) is 22.9. The van der Waals surface area contributed by atoms with Crippen molar-refractivity contribution in [2.45, 2.75) is 197 Å². The Hall–Kier alpha value is -8.88. The molecule has 5 aliphatic rings. The fraction of sp³-hybridized carbons (Fsp3) is 0.425. The molecule has 0 unspecified atom stereocenters. The van der Waals surface area contributed by atoms with Gasteiger partial charge in [0, 0.05) is 30.7 Å². The van der Waals surface area contributed by atoms with E-state index in [0.29, 0.717) is 29.3 Å². The van der Waals surface area contributed by atoms with Crippen LogP contribution < -0.4 is 5.32 Å². The normalized spacial score (nSPS) is 27.5. The summed E-state index contributed by atoms with van der Waals surface area (Å²) < 4.78 is 81.2. The highest BCUT2D eigenvalue weighted by Gasteiger charge is 2.78. The van der Waals surface area contributed by atoms with Crippen molar-refractivity contribution in [3.05, 3.63) is 262 Å². The number of ketones is 1. The van der Waals surface area contributed by atoms with Gasteiger partial charge in [-0.1, -0.05) is 223 Å². The Morgan fingerprint density at radius 3 is 1.62 bits per heavy atom. The molecule has 1 amide bonds. The molecule has 0 aromatic heterocycles. The van der Waals surface area contributed by atoms with Crippen LogP contribution in [-0.2, 0) is 102 Å². The second-order valence-electron chi connectivity index (χ2n) is 29.7. The molecule has 12 rings (SSSR count). The van der Waals surface area contributed by atoms with E-state index in [9.17, 15) is 19.8 Å². The SMILES string of the molecule is CC[Si](CC)(CC)O[C@@H](C(=O)O[C@H]1C[C@@]2(O)[C@@H](OC(=O)c3ccccc3)[C@@H]3[C@]4(OC(C)=O)CO[C@@H]4C[C@H](O)[C@@]3(C)C(=O)[C@H](OC(=O)CO[C@@H]3O[C@H](COCc4ccccc4)[C@@H](OCc4ccccc4)[C@H](OCc4ccccc4)[C@H]3OCc3ccccc3)C(=C1C)C2(C)C)[C@@H](NC(=O)c1ccccc1)c1ccccc1. The van der Waals surface area contributed by atoms with Gasteiger partial charge in [0.2, 0.25) is 0 Å². The van der Waals surface area contributed by atoms with E-state index in [1.54, 1.807) is 99.6 Å². The van der Waals surface area contributed by atoms with Crippen molar-refractivity contribution >= 4 is 43.9 Å². The first kappa shape index (κ1) is 79.7. The summed E-state index contributed by atoms with van der Waals surface area (Å²) >= 11 is 0. The molecule has 0 spiro atoms. The van der Waals surface area contributed by atoms with Gasteiger partial charge in [0.05, 0.1) is 68.7 Å². The van der Waals surface area contributed by atoms with Gasteiger partial charge in [-0.15, -0.1) is 0 Å². The number of aliphatic hydroxyl groups excluding tert-OH is 1. The summed E-state index contributed by atoms with van der Waals surface area (Å²) in [6, 6.07) is 64.1. The number of esters is 4. The lowest BCUT2D eigenvalue weighted by Crippen LogP contribution is -2.82. The number of Topliss-reactive ketones (excluding diaryl/α,β-unsaturated/α-hetero) is 1. The maximum absolute atomic E-state index is 17.1. The van der Waals surface area contributed by atoms with Crippen LogP contribution in [0.5, 0.6) is 0 Å². The van der Waals surface area contributed by atoms with Gasteiger partial charge >= 0.3 is 23.9 Å². The lowest BCUT2D eigenvalue weighted by Gasteiger charge is -2.67. The van der Waals surface area contributed by atoms with Crippen LogP contribution in [0.4, 0.5) is 0 Å². The van der Waals surface area contributed by atoms with Gasteiger partial charge in [0.25, 0.3) is 5.91 Å². The van der Waals surface area contributed by atoms with Crippen molar-refractivity contribution in [1.82, 2.24) is 5.32 Å². The number of carbonyl (C=O) groups is 6. The molecule has 2 saturated heterocycles. The van der Waals surface area contributed by atoms with Gasteiger partial charge in [-0.2, -0.15) is 0 Å². The summed E-state index contributed by atoms with van der Waals surface area (Å²) in [4.78, 5) is 92.6. The first-order valence-corrected chi connectivity index (χ1v) is 40.2. The molecule has 3 N–H and O–H groups in total. The Balaban J connectivity index is 0.975. The maximum atomic E-state index is 17.1. The van der Waals surface area contributed by atoms with Gasteiger partial charge in [0.1, 0.15) is 54.9 Å². The molecule has 2 bridgehead atoms. The number of nitrogens with one attached hydrogen (secondary N) is 1. The molecule has 16 atom stereocenters. The largest absolute Gasteiger partial charge is 0.456 e. The highest BCUT2D eigenvalue weighted by molar-refractivity contribution is 6.73. The molecular formula is C87H99NO20Si. The minimum atomic E-state index is -2.90. The molecule has 4 fully saturated rings. The Kier molecular flexibility index (Phi) is 25.6. The molecule has 109 heavy (non-hydrogen) atoms. The predicted molar refractivity (Wildman–Crippen MR) is 404 cm³/mol. The van der Waals surface area contributed by atoms with Crippen LogP contribution in [0.3, 0.4) is 0 Å². The van der Waals surface area contributed by atoms with Gasteiger partial charge < -0.3 is 72.1 Å². The summed E-state index contributed by atoms with van der Waals surface area (Å²) in [5, 5.41) is 30.9. The number of hydrogen-bond acceptors (Lipinski definition) is 20. The highest BCUT2D eigenvalue weighted by atomic mass is 28.4. The maximum Gasteiger partial charge on any atom is 0.338 e. The minimum absolute atomic E-state index is 0.0177. The van der Waals surface area contributed by atoms with Crippen molar-refractivity contribution in [1.29, 1.82) is 0 Å². The van der Waals surface area contributed by atoms with Crippen molar-refractivity contribution in [3.63, 3.8) is 0 Å². The molecule has 7 aromatic rings. The fourth-order valence-corrected chi connectivity index (χ4v) is 19.4. The number of carbonyl (C=O) groups excluding carboxylic acids is 6. The molecular weight excluding hydrogens is 1410 g/mol. The highest BCUT2D eigenvalue weighted by Crippen LogP contribution is 2.65. The number of aliphatic hydroxyl groups is 2. The van der Waals surface area contributed by atoms with Crippen LogP contribution in [0.2, 0.25) is 18.1 Å². The van der Waals surface area contributed by atoms with Crippen LogP contribution in [0.15, 0.2) is 223 Å². The zero-order chi connectivity index (χ0) is 77.1. The molecule has 21 nitrogen and oxygen atoms in total. The Morgan fingerprint density at radius 1 is 0.615 bits per heavy atom. The Morgan fingerprint density at radius 2 is 1.11 bits per heavy atom. The van der Waals surface area contributed by atoms with Crippen molar-refractivity contribution in [3.8, 4) is 0 Å². The van der Waals surface area contributed by atoms with Crippen LogP contribution in [0.1, 0.15) is 123 Å². The van der Waals surface area contributed by atoms with Gasteiger partial charge in [0.15, 0.2) is 38.2 Å². The van der Waals surface area contributed by atoms with Crippen LogP contribution in [-0.4, -0.2) is 152 Å². The third kappa shape index (κ3) is 17.1. The number of fused-ring (bicyclic) bond motifs is 5. The molecule has 0 radical (unpaired) electrons. The van der Waals surface area contributed by atoms with E-state index in [-0.39, 0.29) is 62.8 Å². The number of amides is 1. The second kappa shape index (κ2) is 35.0. The first-order chi connectivity index (χ1) is 52.6. The number of benzene rings is 7. The summed E-state index contributed by atoms with van der Waals surface area (Å²) in [5.41, 5.74) is -4.29. The Bertz CT molecular complexity index is 4240. The van der Waals surface area contributed by atoms with E-state index in [1.807, 2.05) is 142 Å². The van der Waals surface area contributed by atoms with Crippen molar-refractivity contribution in [2.24, 2.45) is 16.7 Å². The van der Waals surface area contributed by atoms with Crippen LogP contribution >= 0.6 is 0 Å². The summed E-state index contributed by atoms with van der Waals surface area (Å²) in [6.07, 6.45) is -16.4. The fourth-order valence-electron chi connectivity index (χ4n) is 16.6. The molecule has 7 aromatic carbocycles. The van der Waals surface area contributed by atoms with Crippen molar-refractivity contribution < 1.29 is 95.5 Å². The molecule has 576 valence electrons. The smallest absolute Gasteiger partial charge is 0.338 e. The average molecular weight is 1510 g/mol. The lowest BCUT2D eigenvalue weighted by atomic mass is 9.44. The van der Waals surface area contributed by atoms with Gasteiger partial charge in [-0.3, -0.25) is 14.4 Å². The lowest BCUT2D eigenvalue weighted by molar-refractivity contribution is -0.346. The predicted octanol–water partition coefficient (Wildman–Crippen LogP) is 12.5. The number of rotatable bonds is 31. The molecule has 2 heterocycles. The number of hydrogen-bond donors (Lipinski definition) is 3. The monoisotopic (exact) mass is 1510 g/mol. The van der Waals surface area contributed by atoms with E-state index < -0.39 is 158 Å². The van der Waals surface area contributed by atoms with Crippen LogP contribution in [0.25, 0.3) is 0 Å². The standard InChI is InChI=1S/C87H99NO20Si/c1-9-109(10-2,11-3)108-74(71(62-41-27-16-28-42-62)88-80(93)63-43-29-17-30-44-63)82(95)103-65-48-87(96)79(106-81(94)64-45-31-18-32-46-64)77-85(8,67(90)47-68-86(77,55-102-68)107-57(5)89)78(92)73(70(56(65)4)84(87,6)7)105-69(91)54-101-83-76(100-52-61-39-25-15-26-40-61)75(99-51-60-37-23-14-24-38-60)72(98-50-59-35-21-13-22-36-59)66(104-83)53-97-49-58-33-19-12-20-34-58/h12-46,65-68,71-77,79,83,90,96H,9-11,47-55H2,1-8H3,(H,88,93)/t65-,66+,67-,68+,71-,72+,73+,74+,75-,76+,77-,79-,83+,85+,86-,87+/m0/s1. The van der Waals surface area contributed by atoms with Gasteiger partial charge in [-0.25, -0.2) is 14.4 Å². The summed E-state index contributed by atoms with van der Waals surface area (Å²) in [6.45, 7) is 12.4. The quantitative estimate of drug-likeness (QED) is 0.0158. The average Bonchev–Trinajstić information content (AvgIpc) is 0.667. The molecule has 3 aliphatic carbocycles. The van der Waals surface area contributed by atoms with E-state index >= 15 is 19.2 Å². The zero-order valence-corrected chi connectivity index (χ0v) is 63.9. The summed E-state index contributed by atoms with van der Waals surface area (Å²) in [7, 11) is -2.90. The molecule has 2 saturated carbocycles. The van der Waals surface area contributed by atoms with E-state index in [1.165, 1.54) is 26.0 Å². The molecule has 2 aliphatic heterocycles. The minimum Gasteiger partial charge on any atom is -0.456 e.